The number of rotatable bonds is 2. The highest BCUT2D eigenvalue weighted by atomic mass is 32.2. The van der Waals surface area contributed by atoms with E-state index in [0.29, 0.717) is 0 Å². The Balaban J connectivity index is 2.99. The summed E-state index contributed by atoms with van der Waals surface area (Å²) in [6, 6.07) is 0. The van der Waals surface area contributed by atoms with E-state index < -0.39 is 11.4 Å². The van der Waals surface area contributed by atoms with Gasteiger partial charge < -0.3 is 0 Å². The Bertz CT molecular complexity index is 41.9. The van der Waals surface area contributed by atoms with Gasteiger partial charge in [-0.15, -0.1) is 8.67 Å². The average molecular weight is 114 g/mol. The molecule has 0 saturated carbocycles. The van der Waals surface area contributed by atoms with Crippen molar-refractivity contribution in [1.29, 1.82) is 0 Å². The second kappa shape index (κ2) is 3.19. The molecule has 0 aliphatic heterocycles. The van der Waals surface area contributed by atoms with Crippen molar-refractivity contribution in [1.82, 2.24) is 0 Å². The van der Waals surface area contributed by atoms with Crippen LogP contribution in [0.25, 0.3) is 0 Å². The van der Waals surface area contributed by atoms with Crippen LogP contribution in [0.4, 0.5) is 0 Å². The van der Waals surface area contributed by atoms with Gasteiger partial charge in [-0.05, 0) is 0 Å². The summed E-state index contributed by atoms with van der Waals surface area (Å²) in [5.74, 6) is 0. The lowest BCUT2D eigenvalue weighted by Crippen LogP contribution is -1.92. The molecule has 38 valence electrons. The van der Waals surface area contributed by atoms with E-state index in [4.69, 9.17) is 10.5 Å². The van der Waals surface area contributed by atoms with Crippen LogP contribution in [-0.2, 0) is 20.0 Å². The summed E-state index contributed by atoms with van der Waals surface area (Å²) in [4.78, 5) is 0. The van der Waals surface area contributed by atoms with E-state index in [1.807, 2.05) is 0 Å². The molecule has 0 atom stereocenters. The molecule has 5 nitrogen and oxygen atoms in total. The first-order chi connectivity index (χ1) is 2.81. The normalized spacial score (nSPS) is 9.83. The highest BCUT2D eigenvalue weighted by Gasteiger charge is 1.90. The van der Waals surface area contributed by atoms with Crippen LogP contribution in [0.1, 0.15) is 0 Å². The van der Waals surface area contributed by atoms with Gasteiger partial charge >= 0.3 is 11.4 Å². The van der Waals surface area contributed by atoms with Gasteiger partial charge in [-0.25, -0.2) is 10.5 Å². The van der Waals surface area contributed by atoms with Gasteiger partial charge in [0.25, 0.3) is 0 Å². The Labute approximate surface area is 35.8 Å². The molecule has 0 aromatic carbocycles. The fourth-order valence-corrected chi connectivity index (χ4v) is 0.0408. The molecule has 0 aromatic heterocycles. The molecule has 0 fully saturated rings. The maximum atomic E-state index is 9.35. The molecule has 0 bridgehead atoms. The van der Waals surface area contributed by atoms with Crippen LogP contribution >= 0.6 is 0 Å². The minimum atomic E-state index is -2.42. The summed E-state index contributed by atoms with van der Waals surface area (Å²) in [7, 11) is 0. The largest absolute Gasteiger partial charge is 0.362 e. The van der Waals surface area contributed by atoms with Crippen LogP contribution in [0, 0.1) is 0 Å². The molecule has 6 heteroatoms. The van der Waals surface area contributed by atoms with E-state index >= 15 is 0 Å². The lowest BCUT2D eigenvalue weighted by atomic mass is 14.9. The Morgan fingerprint density at radius 1 is 1.33 bits per heavy atom. The lowest BCUT2D eigenvalue weighted by Gasteiger charge is -1.81. The highest BCUT2D eigenvalue weighted by molar-refractivity contribution is 7.74. The number of hydrogen-bond acceptors (Lipinski definition) is 5. The van der Waals surface area contributed by atoms with Crippen LogP contribution in [0.5, 0.6) is 0 Å². The molecule has 6 heavy (non-hydrogen) atoms. The second-order valence-corrected chi connectivity index (χ2v) is 1.06. The number of hydrogen-bond donors (Lipinski definition) is 2. The molecular formula is H2O5S. The third-order valence-corrected chi connectivity index (χ3v) is 0.365. The lowest BCUT2D eigenvalue weighted by molar-refractivity contribution is -0.188. The Kier molecular flexibility index (Phi) is 3.19. The smallest absolute Gasteiger partial charge is 0.235 e. The standard InChI is InChI=1S/H2O5S/c1-4-6(3)5-2/h1-2H. The zero-order chi connectivity index (χ0) is 4.99. The average Bonchev–Trinajstić information content (AvgIpc) is 1.65. The molecule has 0 spiro atoms. The summed E-state index contributed by atoms with van der Waals surface area (Å²) in [6.45, 7) is 0. The van der Waals surface area contributed by atoms with Gasteiger partial charge in [0.15, 0.2) is 0 Å². The van der Waals surface area contributed by atoms with Crippen molar-refractivity contribution in [2.24, 2.45) is 0 Å². The van der Waals surface area contributed by atoms with Gasteiger partial charge in [-0.1, -0.05) is 0 Å². The molecule has 0 radical (unpaired) electrons. The zero-order valence-electron chi connectivity index (χ0n) is 2.53. The molecular weight excluding hydrogens is 112 g/mol. The van der Waals surface area contributed by atoms with Crippen molar-refractivity contribution in [3.63, 3.8) is 0 Å². The minimum absolute atomic E-state index is 2.42. The Morgan fingerprint density at radius 2 is 1.67 bits per heavy atom. The van der Waals surface area contributed by atoms with Gasteiger partial charge in [-0.3, -0.25) is 0 Å². The predicted octanol–water partition coefficient (Wildman–Crippen LogP) is -0.456. The monoisotopic (exact) mass is 114 g/mol. The molecule has 0 amide bonds. The zero-order valence-corrected chi connectivity index (χ0v) is 3.34. The molecule has 2 N–H and O–H groups in total. The van der Waals surface area contributed by atoms with E-state index in [2.05, 4.69) is 8.67 Å². The third-order valence-electron chi connectivity index (χ3n) is 0.122. The molecule has 0 heterocycles. The van der Waals surface area contributed by atoms with Crippen molar-refractivity contribution in [3.8, 4) is 0 Å². The first kappa shape index (κ1) is 5.99. The third kappa shape index (κ3) is 2.24. The molecule has 0 rings (SSSR count). The quantitative estimate of drug-likeness (QED) is 0.375. The first-order valence-corrected chi connectivity index (χ1v) is 1.87. The van der Waals surface area contributed by atoms with Crippen LogP contribution < -0.4 is 0 Å². The fourth-order valence-electron chi connectivity index (χ4n) is 0.0136. The van der Waals surface area contributed by atoms with Gasteiger partial charge in [-0.2, -0.15) is 4.21 Å². The first-order valence-electron chi connectivity index (χ1n) is 0.865. The summed E-state index contributed by atoms with van der Waals surface area (Å²) in [5.41, 5.74) is 0. The second-order valence-electron chi connectivity index (χ2n) is 0.353. The van der Waals surface area contributed by atoms with Crippen molar-refractivity contribution >= 4 is 11.4 Å². The SMILES string of the molecule is O=S(OO)OO. The predicted molar refractivity (Wildman–Crippen MR) is 15.6 cm³/mol. The summed E-state index contributed by atoms with van der Waals surface area (Å²) >= 11 is -2.42. The van der Waals surface area contributed by atoms with Crippen LogP contribution in [0.2, 0.25) is 0 Å². The van der Waals surface area contributed by atoms with Crippen LogP contribution in [0.15, 0.2) is 0 Å². The van der Waals surface area contributed by atoms with Crippen LogP contribution in [-0.4, -0.2) is 14.7 Å². The summed E-state index contributed by atoms with van der Waals surface area (Å²) in [5, 5.41) is 14.5. The topological polar surface area (TPSA) is 76.0 Å². The van der Waals surface area contributed by atoms with Gasteiger partial charge in [0.2, 0.25) is 0 Å². The van der Waals surface area contributed by atoms with Crippen LogP contribution in [0.3, 0.4) is 0 Å². The van der Waals surface area contributed by atoms with Crippen molar-refractivity contribution in [2.75, 3.05) is 0 Å². The molecule has 0 saturated heterocycles. The summed E-state index contributed by atoms with van der Waals surface area (Å²) < 4.78 is 15.1. The van der Waals surface area contributed by atoms with E-state index in [0.717, 1.165) is 0 Å². The van der Waals surface area contributed by atoms with Gasteiger partial charge in [0.05, 0.1) is 0 Å². The Hall–Kier alpha value is -0.0100. The maximum absolute atomic E-state index is 9.35. The van der Waals surface area contributed by atoms with E-state index in [1.54, 1.807) is 0 Å². The molecule has 0 aliphatic carbocycles. The van der Waals surface area contributed by atoms with E-state index in [1.165, 1.54) is 0 Å². The van der Waals surface area contributed by atoms with E-state index in [-0.39, 0.29) is 0 Å². The summed E-state index contributed by atoms with van der Waals surface area (Å²) in [6.07, 6.45) is 0. The highest BCUT2D eigenvalue weighted by Crippen LogP contribution is 1.75. The fraction of sp³-hybridized carbons (Fsp3) is 0. The van der Waals surface area contributed by atoms with Crippen molar-refractivity contribution in [2.45, 2.75) is 0 Å². The van der Waals surface area contributed by atoms with Gasteiger partial charge in [0.1, 0.15) is 0 Å². The minimum Gasteiger partial charge on any atom is -0.235 e. The maximum Gasteiger partial charge on any atom is 0.362 e. The molecule has 0 unspecified atom stereocenters. The molecule has 0 aliphatic rings. The Morgan fingerprint density at radius 3 is 1.67 bits per heavy atom. The van der Waals surface area contributed by atoms with Crippen molar-refractivity contribution < 1.29 is 23.4 Å². The van der Waals surface area contributed by atoms with Crippen molar-refractivity contribution in [3.05, 3.63) is 0 Å². The van der Waals surface area contributed by atoms with Gasteiger partial charge in [0, 0.05) is 0 Å². The van der Waals surface area contributed by atoms with E-state index in [9.17, 15) is 4.21 Å². The molecule has 0 aromatic rings.